The summed E-state index contributed by atoms with van der Waals surface area (Å²) >= 11 is 3.37. The molecule has 1 atom stereocenters. The molecule has 1 heterocycles. The minimum absolute atomic E-state index is 0.296. The number of nitrogens with zero attached hydrogens (tertiary/aromatic N) is 1. The van der Waals surface area contributed by atoms with Crippen LogP contribution < -0.4 is 10.2 Å². The molecule has 1 amide bonds. The van der Waals surface area contributed by atoms with Gasteiger partial charge >= 0.3 is 0 Å². The number of hydrazone groups is 1. The van der Waals surface area contributed by atoms with Gasteiger partial charge in [0.1, 0.15) is 5.75 Å². The molecule has 0 saturated carbocycles. The Kier molecular flexibility index (Phi) is 5.60. The summed E-state index contributed by atoms with van der Waals surface area (Å²) < 4.78 is 6.51. The van der Waals surface area contributed by atoms with Crippen molar-refractivity contribution < 1.29 is 9.53 Å². The van der Waals surface area contributed by atoms with Crippen LogP contribution in [0.5, 0.6) is 5.75 Å². The number of carbonyl (C=O) groups is 1. The molecular weight excluding hydrogens is 358 g/mol. The Bertz CT molecular complexity index is 718. The van der Waals surface area contributed by atoms with Gasteiger partial charge in [0.2, 0.25) is 0 Å². The zero-order chi connectivity index (χ0) is 17.0. The van der Waals surface area contributed by atoms with Gasteiger partial charge in [0.05, 0.1) is 5.71 Å². The third-order valence-electron chi connectivity index (χ3n) is 3.45. The van der Waals surface area contributed by atoms with Gasteiger partial charge in [-0.05, 0) is 51.5 Å². The molecule has 122 valence electrons. The number of H-pyrrole nitrogens is 1. The predicted octanol–water partition coefficient (Wildman–Crippen LogP) is 3.70. The maximum absolute atomic E-state index is 12.1. The number of ether oxygens (including phenoxy) is 1. The quantitative estimate of drug-likeness (QED) is 0.616. The van der Waals surface area contributed by atoms with E-state index >= 15 is 0 Å². The molecule has 0 spiro atoms. The van der Waals surface area contributed by atoms with E-state index in [1.165, 1.54) is 0 Å². The van der Waals surface area contributed by atoms with Crippen LogP contribution in [0.25, 0.3) is 0 Å². The molecule has 2 aromatic rings. The molecule has 0 aliphatic rings. The van der Waals surface area contributed by atoms with Gasteiger partial charge in [0.25, 0.3) is 5.91 Å². The van der Waals surface area contributed by atoms with Crippen LogP contribution in [0.15, 0.2) is 40.0 Å². The van der Waals surface area contributed by atoms with Crippen LogP contribution in [-0.4, -0.2) is 22.7 Å². The highest BCUT2D eigenvalue weighted by Crippen LogP contribution is 2.19. The van der Waals surface area contributed by atoms with Crippen molar-refractivity contribution >= 4 is 27.5 Å². The molecule has 0 bridgehead atoms. The van der Waals surface area contributed by atoms with E-state index in [1.54, 1.807) is 13.0 Å². The maximum Gasteiger partial charge on any atom is 0.280 e. The van der Waals surface area contributed by atoms with Crippen LogP contribution in [0, 0.1) is 13.8 Å². The van der Waals surface area contributed by atoms with E-state index in [1.807, 2.05) is 45.2 Å². The summed E-state index contributed by atoms with van der Waals surface area (Å²) in [6.07, 6.45) is 1.28. The first-order valence-electron chi connectivity index (χ1n) is 7.29. The normalized spacial score (nSPS) is 12.8. The lowest BCUT2D eigenvalue weighted by Crippen LogP contribution is -2.34. The Morgan fingerprint density at radius 1 is 1.39 bits per heavy atom. The Balaban J connectivity index is 2.00. The average molecular weight is 378 g/mol. The van der Waals surface area contributed by atoms with Crippen molar-refractivity contribution in [3.05, 3.63) is 51.8 Å². The summed E-state index contributed by atoms with van der Waals surface area (Å²) in [6, 6.07) is 7.36. The summed E-state index contributed by atoms with van der Waals surface area (Å²) in [4.78, 5) is 15.3. The fourth-order valence-electron chi connectivity index (χ4n) is 2.30. The monoisotopic (exact) mass is 377 g/mol. The number of aromatic nitrogens is 1. The van der Waals surface area contributed by atoms with Gasteiger partial charge < -0.3 is 9.72 Å². The first-order chi connectivity index (χ1) is 10.9. The van der Waals surface area contributed by atoms with Gasteiger partial charge in [-0.25, -0.2) is 5.43 Å². The summed E-state index contributed by atoms with van der Waals surface area (Å²) in [7, 11) is 0. The van der Waals surface area contributed by atoms with Crippen molar-refractivity contribution in [2.45, 2.75) is 33.8 Å². The zero-order valence-corrected chi connectivity index (χ0v) is 15.2. The number of aromatic amines is 1. The highest BCUT2D eigenvalue weighted by atomic mass is 79.9. The number of aryl methyl sites for hydroxylation is 2. The second-order valence-corrected chi connectivity index (χ2v) is 6.28. The van der Waals surface area contributed by atoms with Gasteiger partial charge in [0, 0.05) is 21.9 Å². The summed E-state index contributed by atoms with van der Waals surface area (Å²) in [6.45, 7) is 7.53. The van der Waals surface area contributed by atoms with Crippen LogP contribution in [0.3, 0.4) is 0 Å². The SMILES string of the molecule is C/C(=N\NC(=O)[C@@H](C)Oc1cccc(Br)c1)c1c(C)c[nH]c1C. The van der Waals surface area contributed by atoms with Gasteiger partial charge in [-0.1, -0.05) is 22.0 Å². The van der Waals surface area contributed by atoms with Gasteiger partial charge in [-0.15, -0.1) is 0 Å². The molecule has 5 nitrogen and oxygen atoms in total. The zero-order valence-electron chi connectivity index (χ0n) is 13.6. The van der Waals surface area contributed by atoms with E-state index in [2.05, 4.69) is 31.4 Å². The third kappa shape index (κ3) is 4.45. The Morgan fingerprint density at radius 3 is 2.74 bits per heavy atom. The molecular formula is C17H20BrN3O2. The van der Waals surface area contributed by atoms with Crippen LogP contribution in [-0.2, 0) is 4.79 Å². The lowest BCUT2D eigenvalue weighted by molar-refractivity contribution is -0.127. The number of rotatable bonds is 5. The van der Waals surface area contributed by atoms with Gasteiger partial charge in [0.15, 0.2) is 6.10 Å². The second kappa shape index (κ2) is 7.46. The predicted molar refractivity (Wildman–Crippen MR) is 94.9 cm³/mol. The molecule has 2 rings (SSSR count). The highest BCUT2D eigenvalue weighted by molar-refractivity contribution is 9.10. The topological polar surface area (TPSA) is 66.5 Å². The molecule has 23 heavy (non-hydrogen) atoms. The first-order valence-corrected chi connectivity index (χ1v) is 8.09. The van der Waals surface area contributed by atoms with Crippen molar-refractivity contribution in [3.8, 4) is 5.75 Å². The molecule has 6 heteroatoms. The minimum Gasteiger partial charge on any atom is -0.481 e. The largest absolute Gasteiger partial charge is 0.481 e. The first kappa shape index (κ1) is 17.3. The number of amides is 1. The number of carbonyl (C=O) groups excluding carboxylic acids is 1. The minimum atomic E-state index is -0.644. The Labute approximate surface area is 144 Å². The standard InChI is InChI=1S/C17H20BrN3O2/c1-10-9-19-11(2)16(10)12(3)20-21-17(22)13(4)23-15-7-5-6-14(18)8-15/h5-9,13,19H,1-4H3,(H,21,22)/b20-12+/t13-/m1/s1. The molecule has 0 radical (unpaired) electrons. The number of hydrogen-bond donors (Lipinski definition) is 2. The lowest BCUT2D eigenvalue weighted by atomic mass is 10.1. The third-order valence-corrected chi connectivity index (χ3v) is 3.94. The van der Waals surface area contributed by atoms with Crippen molar-refractivity contribution in [2.24, 2.45) is 5.10 Å². The molecule has 0 saturated heterocycles. The lowest BCUT2D eigenvalue weighted by Gasteiger charge is -2.13. The van der Waals surface area contributed by atoms with Crippen LogP contribution in [0.4, 0.5) is 0 Å². The molecule has 0 aliphatic heterocycles. The summed E-state index contributed by atoms with van der Waals surface area (Å²) in [5.41, 5.74) is 6.45. The van der Waals surface area contributed by atoms with Crippen LogP contribution in [0.2, 0.25) is 0 Å². The molecule has 0 aliphatic carbocycles. The Hall–Kier alpha value is -2.08. The average Bonchev–Trinajstić information content (AvgIpc) is 2.83. The Morgan fingerprint density at radius 2 is 2.13 bits per heavy atom. The smallest absolute Gasteiger partial charge is 0.280 e. The van der Waals surface area contributed by atoms with Crippen molar-refractivity contribution in [3.63, 3.8) is 0 Å². The number of nitrogens with one attached hydrogen (secondary N) is 2. The van der Waals surface area contributed by atoms with Gasteiger partial charge in [-0.3, -0.25) is 4.79 Å². The summed E-state index contributed by atoms with van der Waals surface area (Å²) in [5.74, 6) is 0.329. The fourth-order valence-corrected chi connectivity index (χ4v) is 2.68. The molecule has 2 N–H and O–H groups in total. The van der Waals surface area contributed by atoms with E-state index < -0.39 is 6.10 Å². The maximum atomic E-state index is 12.1. The molecule has 1 aromatic carbocycles. The van der Waals surface area contributed by atoms with Crippen molar-refractivity contribution in [2.75, 3.05) is 0 Å². The molecule has 0 unspecified atom stereocenters. The van der Waals surface area contributed by atoms with E-state index in [9.17, 15) is 4.79 Å². The van der Waals surface area contributed by atoms with Crippen LogP contribution >= 0.6 is 15.9 Å². The van der Waals surface area contributed by atoms with Crippen LogP contribution in [0.1, 0.15) is 30.7 Å². The molecule has 1 aromatic heterocycles. The van der Waals surface area contributed by atoms with Crippen molar-refractivity contribution in [1.29, 1.82) is 0 Å². The fraction of sp³-hybridized carbons (Fsp3) is 0.294. The second-order valence-electron chi connectivity index (χ2n) is 5.36. The molecule has 0 fully saturated rings. The summed E-state index contributed by atoms with van der Waals surface area (Å²) in [5, 5.41) is 4.18. The van der Waals surface area contributed by atoms with E-state index in [4.69, 9.17) is 4.74 Å². The van der Waals surface area contributed by atoms with Crippen molar-refractivity contribution in [1.82, 2.24) is 10.4 Å². The van der Waals surface area contributed by atoms with E-state index in [0.29, 0.717) is 5.75 Å². The number of benzene rings is 1. The number of halogens is 1. The highest BCUT2D eigenvalue weighted by Gasteiger charge is 2.15. The van der Waals surface area contributed by atoms with E-state index in [-0.39, 0.29) is 5.91 Å². The van der Waals surface area contributed by atoms with Gasteiger partial charge in [-0.2, -0.15) is 5.10 Å². The number of hydrogen-bond acceptors (Lipinski definition) is 3. The van der Waals surface area contributed by atoms with E-state index in [0.717, 1.165) is 27.0 Å².